The lowest BCUT2D eigenvalue weighted by molar-refractivity contribution is 0.194. The Hall–Kier alpha value is -4.85. The number of nitrogens with zero attached hydrogens (tertiary/aromatic N) is 4. The largest absolute Gasteiger partial charge is 0.497 e. The molecular weight excluding hydrogens is 493 g/mol. The Morgan fingerprint density at radius 1 is 1.03 bits per heavy atom. The first-order chi connectivity index (χ1) is 19.1. The third-order valence-electron chi connectivity index (χ3n) is 7.05. The highest BCUT2D eigenvalue weighted by Gasteiger charge is 2.36. The molecule has 3 heterocycles. The van der Waals surface area contributed by atoms with E-state index in [2.05, 4.69) is 16.8 Å². The van der Waals surface area contributed by atoms with E-state index < -0.39 is 11.9 Å². The number of nitrogens with one attached hydrogen (secondary N) is 1. The molecule has 0 radical (unpaired) electrons. The van der Waals surface area contributed by atoms with Crippen LogP contribution in [0.5, 0.6) is 5.75 Å². The van der Waals surface area contributed by atoms with Crippen molar-refractivity contribution in [3.05, 3.63) is 126 Å². The molecule has 6 rings (SSSR count). The fourth-order valence-corrected chi connectivity index (χ4v) is 5.27. The SMILES string of the molecule is CCc1nn(-c2ccccc2)c2c1CN(C(=O)Nc1cccc(F)c1)C(c1cccc(OC)c1)c1cccn1-2. The van der Waals surface area contributed by atoms with Crippen LogP contribution in [-0.2, 0) is 13.0 Å². The Morgan fingerprint density at radius 3 is 2.62 bits per heavy atom. The lowest BCUT2D eigenvalue weighted by atomic mass is 10.0. The molecule has 0 aliphatic carbocycles. The molecule has 0 bridgehead atoms. The topological polar surface area (TPSA) is 64.3 Å². The molecule has 2 aromatic heterocycles. The average molecular weight is 522 g/mol. The number of carbonyl (C=O) groups excluding carboxylic acids is 1. The van der Waals surface area contributed by atoms with Crippen LogP contribution in [0.3, 0.4) is 0 Å². The van der Waals surface area contributed by atoms with Gasteiger partial charge in [0.05, 0.1) is 36.8 Å². The number of fused-ring (bicyclic) bond motifs is 3. The minimum Gasteiger partial charge on any atom is -0.497 e. The Kier molecular flexibility index (Phi) is 6.36. The Bertz CT molecular complexity index is 1640. The van der Waals surface area contributed by atoms with Crippen molar-refractivity contribution in [2.45, 2.75) is 25.9 Å². The zero-order chi connectivity index (χ0) is 26.9. The standard InChI is InChI=1S/C31H28FN5O2/c1-3-27-26-20-36(31(38)33-23-12-8-11-22(32)19-23)29(21-10-7-15-25(18-21)39-2)28-16-9-17-35(28)30(26)37(34-27)24-13-5-4-6-14-24/h4-19,29H,3,20H2,1-2H3,(H,33,38). The Labute approximate surface area is 226 Å². The van der Waals surface area contributed by atoms with Crippen molar-refractivity contribution >= 4 is 11.7 Å². The number of aromatic nitrogens is 3. The number of carbonyl (C=O) groups is 1. The molecule has 0 saturated heterocycles. The predicted molar refractivity (Wildman–Crippen MR) is 148 cm³/mol. The highest BCUT2D eigenvalue weighted by molar-refractivity contribution is 5.90. The maximum absolute atomic E-state index is 14.0. The van der Waals surface area contributed by atoms with Crippen molar-refractivity contribution in [3.63, 3.8) is 0 Å². The first-order valence-corrected chi connectivity index (χ1v) is 12.9. The number of halogens is 1. The summed E-state index contributed by atoms with van der Waals surface area (Å²) in [5.74, 6) is 1.18. The van der Waals surface area contributed by atoms with Gasteiger partial charge in [-0.05, 0) is 66.6 Å². The Morgan fingerprint density at radius 2 is 1.85 bits per heavy atom. The van der Waals surface area contributed by atoms with Gasteiger partial charge in [-0.25, -0.2) is 13.9 Å². The van der Waals surface area contributed by atoms with Crippen LogP contribution in [0.15, 0.2) is 97.2 Å². The van der Waals surface area contributed by atoms with E-state index in [4.69, 9.17) is 9.84 Å². The van der Waals surface area contributed by atoms with Crippen LogP contribution >= 0.6 is 0 Å². The van der Waals surface area contributed by atoms with Crippen LogP contribution in [0.4, 0.5) is 14.9 Å². The normalized spacial score (nSPS) is 14.3. The van der Waals surface area contributed by atoms with E-state index in [9.17, 15) is 9.18 Å². The van der Waals surface area contributed by atoms with Crippen LogP contribution in [-0.4, -0.2) is 32.4 Å². The molecule has 39 heavy (non-hydrogen) atoms. The summed E-state index contributed by atoms with van der Waals surface area (Å²) in [5.41, 5.74) is 4.98. The average Bonchev–Trinajstić information content (AvgIpc) is 3.54. The number of hydrogen-bond acceptors (Lipinski definition) is 3. The van der Waals surface area contributed by atoms with E-state index in [-0.39, 0.29) is 6.03 Å². The molecule has 0 fully saturated rings. The van der Waals surface area contributed by atoms with Gasteiger partial charge in [-0.15, -0.1) is 0 Å². The van der Waals surface area contributed by atoms with E-state index >= 15 is 0 Å². The van der Waals surface area contributed by atoms with Gasteiger partial charge in [-0.2, -0.15) is 5.10 Å². The molecule has 0 saturated carbocycles. The van der Waals surface area contributed by atoms with Crippen molar-refractivity contribution in [3.8, 4) is 17.3 Å². The number of methoxy groups -OCH3 is 1. The molecule has 1 aliphatic heterocycles. The Balaban J connectivity index is 1.56. The first-order valence-electron chi connectivity index (χ1n) is 12.9. The molecule has 0 spiro atoms. The molecule has 1 N–H and O–H groups in total. The number of para-hydroxylation sites is 1. The molecule has 196 valence electrons. The molecule has 8 heteroatoms. The fraction of sp³-hybridized carbons (Fsp3) is 0.161. The fourth-order valence-electron chi connectivity index (χ4n) is 5.27. The predicted octanol–water partition coefficient (Wildman–Crippen LogP) is 6.51. The molecule has 2 amide bonds. The molecule has 1 unspecified atom stereocenters. The summed E-state index contributed by atoms with van der Waals surface area (Å²) < 4.78 is 23.6. The second-order valence-electron chi connectivity index (χ2n) is 9.40. The van der Waals surface area contributed by atoms with E-state index in [1.54, 1.807) is 24.1 Å². The summed E-state index contributed by atoms with van der Waals surface area (Å²) in [6.45, 7) is 2.37. The van der Waals surface area contributed by atoms with Crippen LogP contribution in [0.25, 0.3) is 11.5 Å². The molecule has 5 aromatic rings. The highest BCUT2D eigenvalue weighted by atomic mass is 19.1. The summed E-state index contributed by atoms with van der Waals surface area (Å²) in [5, 5.41) is 7.90. The maximum atomic E-state index is 14.0. The third-order valence-corrected chi connectivity index (χ3v) is 7.05. The van der Waals surface area contributed by atoms with Crippen LogP contribution in [0, 0.1) is 5.82 Å². The van der Waals surface area contributed by atoms with E-state index in [0.717, 1.165) is 34.0 Å². The number of aryl methyl sites for hydroxylation is 1. The smallest absolute Gasteiger partial charge is 0.322 e. The molecule has 1 aliphatic rings. The van der Waals surface area contributed by atoms with Gasteiger partial charge in [0, 0.05) is 17.4 Å². The van der Waals surface area contributed by atoms with Crippen molar-refractivity contribution in [2.75, 3.05) is 12.4 Å². The van der Waals surface area contributed by atoms with Gasteiger partial charge in [0.2, 0.25) is 0 Å². The summed E-state index contributed by atoms with van der Waals surface area (Å²) in [7, 11) is 1.63. The number of ether oxygens (including phenoxy) is 1. The van der Waals surface area contributed by atoms with Gasteiger partial charge >= 0.3 is 6.03 Å². The van der Waals surface area contributed by atoms with Crippen LogP contribution in [0.2, 0.25) is 0 Å². The minimum absolute atomic E-state index is 0.302. The highest BCUT2D eigenvalue weighted by Crippen LogP contribution is 2.39. The maximum Gasteiger partial charge on any atom is 0.322 e. The number of hydrogen-bond donors (Lipinski definition) is 1. The lowest BCUT2D eigenvalue weighted by Crippen LogP contribution is -2.38. The van der Waals surface area contributed by atoms with Gasteiger partial charge in [0.15, 0.2) is 0 Å². The van der Waals surface area contributed by atoms with Gasteiger partial charge < -0.3 is 19.5 Å². The van der Waals surface area contributed by atoms with Gasteiger partial charge in [0.25, 0.3) is 0 Å². The molecular formula is C31H28FN5O2. The summed E-state index contributed by atoms with van der Waals surface area (Å²) in [6, 6.07) is 26.9. The molecule has 7 nitrogen and oxygen atoms in total. The summed E-state index contributed by atoms with van der Waals surface area (Å²) >= 11 is 0. The van der Waals surface area contributed by atoms with Crippen LogP contribution < -0.4 is 10.1 Å². The summed E-state index contributed by atoms with van der Waals surface area (Å²) in [4.78, 5) is 15.8. The quantitative estimate of drug-likeness (QED) is 0.287. The number of anilines is 1. The van der Waals surface area contributed by atoms with Crippen LogP contribution in [0.1, 0.15) is 35.5 Å². The zero-order valence-electron chi connectivity index (χ0n) is 21.7. The minimum atomic E-state index is -0.454. The van der Waals surface area contributed by atoms with E-state index in [1.807, 2.05) is 77.6 Å². The molecule has 1 atom stereocenters. The van der Waals surface area contributed by atoms with Crippen molar-refractivity contribution in [1.82, 2.24) is 19.2 Å². The number of rotatable bonds is 5. The van der Waals surface area contributed by atoms with Crippen molar-refractivity contribution in [2.24, 2.45) is 0 Å². The van der Waals surface area contributed by atoms with E-state index in [1.165, 1.54) is 12.1 Å². The number of urea groups is 1. The molecule has 3 aromatic carbocycles. The zero-order valence-corrected chi connectivity index (χ0v) is 21.7. The van der Waals surface area contributed by atoms with Crippen molar-refractivity contribution < 1.29 is 13.9 Å². The third kappa shape index (κ3) is 4.44. The van der Waals surface area contributed by atoms with Gasteiger partial charge in [-0.1, -0.05) is 43.3 Å². The number of benzene rings is 3. The number of amides is 2. The second-order valence-corrected chi connectivity index (χ2v) is 9.40. The summed E-state index contributed by atoms with van der Waals surface area (Å²) in [6.07, 6.45) is 2.71. The van der Waals surface area contributed by atoms with Crippen molar-refractivity contribution in [1.29, 1.82) is 0 Å². The van der Waals surface area contributed by atoms with Gasteiger partial charge in [-0.3, -0.25) is 0 Å². The monoisotopic (exact) mass is 521 g/mol. The first kappa shape index (κ1) is 24.5. The lowest BCUT2D eigenvalue weighted by Gasteiger charge is -2.31. The second kappa shape index (κ2) is 10.1. The van der Waals surface area contributed by atoms with E-state index in [0.29, 0.717) is 24.4 Å². The van der Waals surface area contributed by atoms with Gasteiger partial charge in [0.1, 0.15) is 17.4 Å².